The van der Waals surface area contributed by atoms with Crippen LogP contribution in [-0.2, 0) is 0 Å². The van der Waals surface area contributed by atoms with Crippen LogP contribution in [0.3, 0.4) is 0 Å². The van der Waals surface area contributed by atoms with Gasteiger partial charge >= 0.3 is 0 Å². The zero-order valence-electron chi connectivity index (χ0n) is 8.67. The number of benzene rings is 1. The van der Waals surface area contributed by atoms with Gasteiger partial charge in [0.1, 0.15) is 17.8 Å². The van der Waals surface area contributed by atoms with E-state index in [-0.39, 0.29) is 20.8 Å². The predicted octanol–water partition coefficient (Wildman–Crippen LogP) is 4.64. The third-order valence-electron chi connectivity index (χ3n) is 2.21. The number of nitrogens with zero attached hydrogens (tertiary/aromatic N) is 2. The topological polar surface area (TPSA) is 25.8 Å². The molecule has 0 radical (unpaired) electrons. The maximum Gasteiger partial charge on any atom is 0.281 e. The second kappa shape index (κ2) is 5.24. The molecule has 0 fully saturated rings. The summed E-state index contributed by atoms with van der Waals surface area (Å²) in [5.74, 6) is -0.637. The van der Waals surface area contributed by atoms with Gasteiger partial charge in [0.2, 0.25) is 0 Å². The smallest absolute Gasteiger partial charge is 0.235 e. The molecule has 0 spiro atoms. The van der Waals surface area contributed by atoms with E-state index < -0.39 is 17.9 Å². The summed E-state index contributed by atoms with van der Waals surface area (Å²) in [5.41, 5.74) is -0.334. The monoisotopic (exact) mass is 336 g/mol. The SMILES string of the molecule is Fc1cc(Cl)ccc1-c1ncnc(C(F)F)c1Br. The highest BCUT2D eigenvalue weighted by Gasteiger charge is 2.19. The summed E-state index contributed by atoms with van der Waals surface area (Å²) < 4.78 is 39.0. The first-order chi connectivity index (χ1) is 8.50. The van der Waals surface area contributed by atoms with E-state index in [4.69, 9.17) is 11.6 Å². The molecule has 0 amide bonds. The van der Waals surface area contributed by atoms with Crippen molar-refractivity contribution in [2.45, 2.75) is 6.43 Å². The normalized spacial score (nSPS) is 11.0. The van der Waals surface area contributed by atoms with Crippen molar-refractivity contribution in [2.24, 2.45) is 0 Å². The Bertz CT molecular complexity index is 592. The predicted molar refractivity (Wildman–Crippen MR) is 65.1 cm³/mol. The summed E-state index contributed by atoms with van der Waals surface area (Å²) in [4.78, 5) is 7.26. The lowest BCUT2D eigenvalue weighted by Crippen LogP contribution is -1.98. The number of halogens is 5. The van der Waals surface area contributed by atoms with Gasteiger partial charge in [-0.2, -0.15) is 0 Å². The van der Waals surface area contributed by atoms with Crippen LogP contribution in [0, 0.1) is 5.82 Å². The molecule has 1 aromatic carbocycles. The molecule has 0 saturated heterocycles. The van der Waals surface area contributed by atoms with E-state index in [9.17, 15) is 13.2 Å². The Labute approximate surface area is 114 Å². The van der Waals surface area contributed by atoms with E-state index in [0.717, 1.165) is 12.4 Å². The summed E-state index contributed by atoms with van der Waals surface area (Å²) in [6.07, 6.45) is -1.80. The molecular formula is C11H5BrClF3N2. The lowest BCUT2D eigenvalue weighted by atomic mass is 10.1. The molecule has 0 atom stereocenters. The lowest BCUT2D eigenvalue weighted by Gasteiger charge is -2.08. The molecule has 2 aromatic rings. The van der Waals surface area contributed by atoms with Crippen LogP contribution in [0.4, 0.5) is 13.2 Å². The fourth-order valence-electron chi connectivity index (χ4n) is 1.40. The molecule has 94 valence electrons. The van der Waals surface area contributed by atoms with Gasteiger partial charge in [-0.25, -0.2) is 23.1 Å². The van der Waals surface area contributed by atoms with E-state index in [0.29, 0.717) is 0 Å². The molecule has 18 heavy (non-hydrogen) atoms. The van der Waals surface area contributed by atoms with E-state index in [1.807, 2.05) is 0 Å². The third-order valence-corrected chi connectivity index (χ3v) is 3.23. The van der Waals surface area contributed by atoms with Crippen LogP contribution in [0.15, 0.2) is 29.0 Å². The van der Waals surface area contributed by atoms with E-state index in [1.165, 1.54) is 12.1 Å². The van der Waals surface area contributed by atoms with Crippen LogP contribution in [0.1, 0.15) is 12.1 Å². The Balaban J connectivity index is 2.61. The minimum absolute atomic E-state index is 0.0266. The first kappa shape index (κ1) is 13.3. The Morgan fingerprint density at radius 2 is 1.94 bits per heavy atom. The highest BCUT2D eigenvalue weighted by atomic mass is 79.9. The van der Waals surface area contributed by atoms with Crippen LogP contribution in [0.2, 0.25) is 5.02 Å². The molecule has 0 bridgehead atoms. The second-order valence-electron chi connectivity index (χ2n) is 3.35. The largest absolute Gasteiger partial charge is 0.281 e. The van der Waals surface area contributed by atoms with Gasteiger partial charge in [0.25, 0.3) is 6.43 Å². The van der Waals surface area contributed by atoms with E-state index in [1.54, 1.807) is 0 Å². The first-order valence-corrected chi connectivity index (χ1v) is 5.91. The molecule has 0 aliphatic rings. The van der Waals surface area contributed by atoms with Crippen LogP contribution in [-0.4, -0.2) is 9.97 Å². The van der Waals surface area contributed by atoms with Crippen LogP contribution >= 0.6 is 27.5 Å². The maximum atomic E-state index is 13.7. The van der Waals surface area contributed by atoms with Gasteiger partial charge in [0.15, 0.2) is 0 Å². The van der Waals surface area contributed by atoms with Crippen molar-refractivity contribution in [3.63, 3.8) is 0 Å². The zero-order valence-corrected chi connectivity index (χ0v) is 11.0. The number of rotatable bonds is 2. The summed E-state index contributed by atoms with van der Waals surface area (Å²) in [6.45, 7) is 0. The van der Waals surface area contributed by atoms with Gasteiger partial charge in [0.05, 0.1) is 10.2 Å². The van der Waals surface area contributed by atoms with Gasteiger partial charge in [-0.05, 0) is 34.1 Å². The average Bonchev–Trinajstić information content (AvgIpc) is 2.30. The Kier molecular flexibility index (Phi) is 3.87. The van der Waals surface area contributed by atoms with Crippen LogP contribution in [0.5, 0.6) is 0 Å². The second-order valence-corrected chi connectivity index (χ2v) is 4.58. The molecule has 0 N–H and O–H groups in total. The summed E-state index contributed by atoms with van der Waals surface area (Å²) >= 11 is 8.59. The fraction of sp³-hybridized carbons (Fsp3) is 0.0909. The standard InChI is InChI=1S/C11H5BrClF3N2/c12-8-9(17-4-18-10(8)11(15)16)6-2-1-5(13)3-7(6)14/h1-4,11H. The lowest BCUT2D eigenvalue weighted by molar-refractivity contribution is 0.145. The number of aromatic nitrogens is 2. The van der Waals surface area contributed by atoms with Gasteiger partial charge in [-0.3, -0.25) is 0 Å². The molecule has 0 aliphatic heterocycles. The van der Waals surface area contributed by atoms with Gasteiger partial charge < -0.3 is 0 Å². The van der Waals surface area contributed by atoms with Gasteiger partial charge in [-0.15, -0.1) is 0 Å². The summed E-state index contributed by atoms with van der Waals surface area (Å²) in [6, 6.07) is 3.92. The number of hydrogen-bond donors (Lipinski definition) is 0. The van der Waals surface area contributed by atoms with Gasteiger partial charge in [-0.1, -0.05) is 11.6 Å². The maximum absolute atomic E-state index is 13.7. The van der Waals surface area contributed by atoms with Crippen LogP contribution < -0.4 is 0 Å². The fourth-order valence-corrected chi connectivity index (χ4v) is 2.16. The Morgan fingerprint density at radius 1 is 1.22 bits per heavy atom. The van der Waals surface area contributed by atoms with Crippen molar-refractivity contribution in [3.05, 3.63) is 45.5 Å². The number of hydrogen-bond acceptors (Lipinski definition) is 2. The van der Waals surface area contributed by atoms with Crippen LogP contribution in [0.25, 0.3) is 11.3 Å². The molecule has 0 aliphatic carbocycles. The van der Waals surface area contributed by atoms with Crippen molar-refractivity contribution >= 4 is 27.5 Å². The highest BCUT2D eigenvalue weighted by Crippen LogP contribution is 2.34. The van der Waals surface area contributed by atoms with Gasteiger partial charge in [0, 0.05) is 10.6 Å². The van der Waals surface area contributed by atoms with Crippen molar-refractivity contribution in [3.8, 4) is 11.3 Å². The average molecular weight is 338 g/mol. The third kappa shape index (κ3) is 2.49. The van der Waals surface area contributed by atoms with E-state index in [2.05, 4.69) is 25.9 Å². The molecular weight excluding hydrogens is 332 g/mol. The minimum Gasteiger partial charge on any atom is -0.235 e. The Hall–Kier alpha value is -1.14. The minimum atomic E-state index is -2.77. The summed E-state index contributed by atoms with van der Waals surface area (Å²) in [5, 5.41) is 0.218. The molecule has 1 heterocycles. The number of alkyl halides is 2. The molecule has 2 rings (SSSR count). The summed E-state index contributed by atoms with van der Waals surface area (Å²) in [7, 11) is 0. The van der Waals surface area contributed by atoms with Crippen molar-refractivity contribution in [2.75, 3.05) is 0 Å². The Morgan fingerprint density at radius 3 is 2.56 bits per heavy atom. The molecule has 1 aromatic heterocycles. The zero-order chi connectivity index (χ0) is 13.3. The molecule has 0 saturated carbocycles. The quantitative estimate of drug-likeness (QED) is 0.798. The molecule has 2 nitrogen and oxygen atoms in total. The van der Waals surface area contributed by atoms with Crippen molar-refractivity contribution in [1.29, 1.82) is 0 Å². The van der Waals surface area contributed by atoms with E-state index >= 15 is 0 Å². The highest BCUT2D eigenvalue weighted by molar-refractivity contribution is 9.10. The van der Waals surface area contributed by atoms with Crippen molar-refractivity contribution < 1.29 is 13.2 Å². The first-order valence-electron chi connectivity index (χ1n) is 4.74. The molecule has 0 unspecified atom stereocenters. The van der Waals surface area contributed by atoms with Crippen molar-refractivity contribution in [1.82, 2.24) is 9.97 Å². The molecule has 7 heteroatoms.